The van der Waals surface area contributed by atoms with Crippen LogP contribution < -0.4 is 0 Å². The average molecular weight is 390 g/mol. The van der Waals surface area contributed by atoms with Crippen LogP contribution >= 0.6 is 0 Å². The van der Waals surface area contributed by atoms with Crippen LogP contribution in [0.25, 0.3) is 0 Å². The molecule has 152 valence electrons. The fourth-order valence-corrected chi connectivity index (χ4v) is 3.92. The standard InChI is InChI=1S/C21H27FN2O4/c1-2-28-21(27)16-8-11-23(12-9-16)20(26)17-13-19(25)24(14-17)10-7-15-3-5-18(22)6-4-15/h3-6,16-17H,2,7-14H2,1H3/t17-/m1/s1. The molecule has 1 aromatic carbocycles. The highest BCUT2D eigenvalue weighted by molar-refractivity contribution is 5.89. The largest absolute Gasteiger partial charge is 0.466 e. The van der Waals surface area contributed by atoms with Gasteiger partial charge in [0, 0.05) is 32.6 Å². The molecule has 2 aliphatic heterocycles. The summed E-state index contributed by atoms with van der Waals surface area (Å²) < 4.78 is 18.0. The first-order valence-corrected chi connectivity index (χ1v) is 9.95. The zero-order valence-electron chi connectivity index (χ0n) is 16.2. The number of hydrogen-bond donors (Lipinski definition) is 0. The summed E-state index contributed by atoms with van der Waals surface area (Å²) >= 11 is 0. The van der Waals surface area contributed by atoms with E-state index >= 15 is 0 Å². The molecule has 0 spiro atoms. The molecule has 7 heteroatoms. The fourth-order valence-electron chi connectivity index (χ4n) is 3.92. The Morgan fingerprint density at radius 1 is 1.14 bits per heavy atom. The fraction of sp³-hybridized carbons (Fsp3) is 0.571. The van der Waals surface area contributed by atoms with Gasteiger partial charge in [-0.05, 0) is 43.9 Å². The molecular weight excluding hydrogens is 363 g/mol. The Labute approximate surface area is 164 Å². The zero-order valence-corrected chi connectivity index (χ0v) is 16.2. The zero-order chi connectivity index (χ0) is 20.1. The van der Waals surface area contributed by atoms with Crippen LogP contribution in [0.1, 0.15) is 31.7 Å². The molecule has 2 aliphatic rings. The summed E-state index contributed by atoms with van der Waals surface area (Å²) in [5, 5.41) is 0. The molecule has 1 atom stereocenters. The van der Waals surface area contributed by atoms with Crippen LogP contribution in [0, 0.1) is 17.7 Å². The van der Waals surface area contributed by atoms with E-state index in [2.05, 4.69) is 0 Å². The first-order chi connectivity index (χ1) is 13.5. The number of carbonyl (C=O) groups excluding carboxylic acids is 3. The number of ether oxygens (including phenoxy) is 1. The molecule has 0 bridgehead atoms. The summed E-state index contributed by atoms with van der Waals surface area (Å²) in [6.07, 6.45) is 2.09. The average Bonchev–Trinajstić information content (AvgIpc) is 3.08. The maximum absolute atomic E-state index is 13.0. The molecule has 0 unspecified atom stereocenters. The maximum atomic E-state index is 13.0. The van der Waals surface area contributed by atoms with E-state index in [1.807, 2.05) is 0 Å². The van der Waals surface area contributed by atoms with Crippen molar-refractivity contribution >= 4 is 17.8 Å². The second kappa shape index (κ2) is 9.17. The van der Waals surface area contributed by atoms with Gasteiger partial charge in [0.05, 0.1) is 18.4 Å². The van der Waals surface area contributed by atoms with Gasteiger partial charge in [0.15, 0.2) is 0 Å². The van der Waals surface area contributed by atoms with Gasteiger partial charge < -0.3 is 14.5 Å². The highest BCUT2D eigenvalue weighted by Crippen LogP contribution is 2.25. The summed E-state index contributed by atoms with van der Waals surface area (Å²) in [6.45, 7) is 4.17. The first kappa shape index (κ1) is 20.3. The number of amides is 2. The topological polar surface area (TPSA) is 66.9 Å². The maximum Gasteiger partial charge on any atom is 0.309 e. The Kier molecular flexibility index (Phi) is 6.65. The van der Waals surface area contributed by atoms with Crippen LogP contribution in [0.3, 0.4) is 0 Å². The van der Waals surface area contributed by atoms with Crippen molar-refractivity contribution in [1.82, 2.24) is 9.80 Å². The minimum atomic E-state index is -0.320. The minimum Gasteiger partial charge on any atom is -0.466 e. The summed E-state index contributed by atoms with van der Waals surface area (Å²) in [4.78, 5) is 40.4. The van der Waals surface area contributed by atoms with Crippen molar-refractivity contribution in [3.8, 4) is 0 Å². The van der Waals surface area contributed by atoms with E-state index in [0.717, 1.165) is 5.56 Å². The quantitative estimate of drug-likeness (QED) is 0.697. The van der Waals surface area contributed by atoms with Crippen LogP contribution in [0.15, 0.2) is 24.3 Å². The Hall–Kier alpha value is -2.44. The van der Waals surface area contributed by atoms with Gasteiger partial charge in [0.25, 0.3) is 0 Å². The number of hydrogen-bond acceptors (Lipinski definition) is 4. The van der Waals surface area contributed by atoms with Gasteiger partial charge in [0.2, 0.25) is 11.8 Å². The molecule has 2 amide bonds. The van der Waals surface area contributed by atoms with Crippen molar-refractivity contribution in [2.45, 2.75) is 32.6 Å². The van der Waals surface area contributed by atoms with Gasteiger partial charge in [-0.3, -0.25) is 14.4 Å². The molecule has 0 saturated carbocycles. The van der Waals surface area contributed by atoms with Crippen molar-refractivity contribution in [3.63, 3.8) is 0 Å². The second-order valence-electron chi connectivity index (χ2n) is 7.47. The van der Waals surface area contributed by atoms with E-state index in [4.69, 9.17) is 4.74 Å². The van der Waals surface area contributed by atoms with Crippen molar-refractivity contribution in [2.75, 3.05) is 32.8 Å². The lowest BCUT2D eigenvalue weighted by atomic mass is 9.95. The Bertz CT molecular complexity index is 714. The van der Waals surface area contributed by atoms with Crippen molar-refractivity contribution in [1.29, 1.82) is 0 Å². The lowest BCUT2D eigenvalue weighted by molar-refractivity contribution is -0.151. The monoisotopic (exact) mass is 390 g/mol. The summed E-state index contributed by atoms with van der Waals surface area (Å²) in [5.74, 6) is -0.931. The second-order valence-corrected chi connectivity index (χ2v) is 7.47. The minimum absolute atomic E-state index is 0.0000546. The Balaban J connectivity index is 1.47. The molecule has 1 aromatic rings. The van der Waals surface area contributed by atoms with Gasteiger partial charge in [-0.25, -0.2) is 4.39 Å². The number of likely N-dealkylation sites (tertiary alicyclic amines) is 2. The van der Waals surface area contributed by atoms with E-state index in [9.17, 15) is 18.8 Å². The molecule has 2 fully saturated rings. The van der Waals surface area contributed by atoms with Crippen LogP contribution in [0.4, 0.5) is 4.39 Å². The smallest absolute Gasteiger partial charge is 0.309 e. The third-order valence-electron chi connectivity index (χ3n) is 5.57. The number of nitrogens with zero attached hydrogens (tertiary/aromatic N) is 2. The van der Waals surface area contributed by atoms with Crippen LogP contribution in [-0.2, 0) is 25.5 Å². The lowest BCUT2D eigenvalue weighted by Gasteiger charge is -2.32. The highest BCUT2D eigenvalue weighted by atomic mass is 19.1. The van der Waals surface area contributed by atoms with Crippen molar-refractivity contribution in [2.24, 2.45) is 11.8 Å². The molecule has 0 N–H and O–H groups in total. The molecule has 6 nitrogen and oxygen atoms in total. The van der Waals surface area contributed by atoms with Gasteiger partial charge in [-0.2, -0.15) is 0 Å². The third-order valence-corrected chi connectivity index (χ3v) is 5.57. The number of halogens is 1. The summed E-state index contributed by atoms with van der Waals surface area (Å²) in [6, 6.07) is 6.25. The number of piperidine rings is 1. The summed E-state index contributed by atoms with van der Waals surface area (Å²) in [5.41, 5.74) is 0.963. The lowest BCUT2D eigenvalue weighted by Crippen LogP contribution is -2.44. The molecular formula is C21H27FN2O4. The highest BCUT2D eigenvalue weighted by Gasteiger charge is 2.38. The van der Waals surface area contributed by atoms with E-state index < -0.39 is 0 Å². The van der Waals surface area contributed by atoms with Gasteiger partial charge in [-0.1, -0.05) is 12.1 Å². The molecule has 2 saturated heterocycles. The van der Waals surface area contributed by atoms with Crippen molar-refractivity contribution < 1.29 is 23.5 Å². The molecule has 0 radical (unpaired) electrons. The first-order valence-electron chi connectivity index (χ1n) is 9.95. The van der Waals surface area contributed by atoms with E-state index in [1.54, 1.807) is 28.9 Å². The van der Waals surface area contributed by atoms with Crippen molar-refractivity contribution in [3.05, 3.63) is 35.6 Å². The van der Waals surface area contributed by atoms with Gasteiger partial charge >= 0.3 is 5.97 Å². The Morgan fingerprint density at radius 3 is 2.46 bits per heavy atom. The van der Waals surface area contributed by atoms with Crippen LogP contribution in [-0.4, -0.2) is 60.4 Å². The predicted octanol–water partition coefficient (Wildman–Crippen LogP) is 2.02. The molecule has 28 heavy (non-hydrogen) atoms. The molecule has 0 aliphatic carbocycles. The van der Waals surface area contributed by atoms with E-state index in [1.165, 1.54) is 12.1 Å². The molecule has 0 aromatic heterocycles. The van der Waals surface area contributed by atoms with E-state index in [0.29, 0.717) is 52.0 Å². The summed E-state index contributed by atoms with van der Waals surface area (Å²) in [7, 11) is 0. The molecule has 2 heterocycles. The normalized spacial score (nSPS) is 20.5. The molecule has 3 rings (SSSR count). The number of esters is 1. The Morgan fingerprint density at radius 2 is 1.82 bits per heavy atom. The van der Waals surface area contributed by atoms with Gasteiger partial charge in [0.1, 0.15) is 5.82 Å². The van der Waals surface area contributed by atoms with Gasteiger partial charge in [-0.15, -0.1) is 0 Å². The number of rotatable bonds is 6. The number of carbonyl (C=O) groups is 3. The number of benzene rings is 1. The SMILES string of the molecule is CCOC(=O)C1CCN(C(=O)[C@@H]2CC(=O)N(CCc3ccc(F)cc3)C2)CC1. The predicted molar refractivity (Wildman–Crippen MR) is 101 cm³/mol. The van der Waals surface area contributed by atoms with E-state index in [-0.39, 0.29) is 41.9 Å². The third kappa shape index (κ3) is 4.88. The van der Waals surface area contributed by atoms with Crippen LogP contribution in [0.2, 0.25) is 0 Å². The van der Waals surface area contributed by atoms with Crippen LogP contribution in [0.5, 0.6) is 0 Å².